The number of fused-ring (bicyclic) bond motifs is 1. The van der Waals surface area contributed by atoms with Crippen molar-refractivity contribution in [2.24, 2.45) is 0 Å². The Balaban J connectivity index is 2.00. The molecule has 2 N–H and O–H groups in total. The Labute approximate surface area is 184 Å². The van der Waals surface area contributed by atoms with Gasteiger partial charge in [0, 0.05) is 18.5 Å². The van der Waals surface area contributed by atoms with Gasteiger partial charge in [-0.05, 0) is 42.2 Å². The fourth-order valence-corrected chi connectivity index (χ4v) is 4.19. The van der Waals surface area contributed by atoms with Crippen molar-refractivity contribution >= 4 is 17.3 Å². The smallest absolute Gasteiger partial charge is 0.418 e. The number of halogens is 4. The summed E-state index contributed by atoms with van der Waals surface area (Å²) in [5.74, 6) is -0.702. The topological polar surface area (TPSA) is 61.8 Å². The van der Waals surface area contributed by atoms with Crippen molar-refractivity contribution in [2.75, 3.05) is 30.4 Å². The number of anilines is 2. The van der Waals surface area contributed by atoms with Gasteiger partial charge in [-0.15, -0.1) is 0 Å². The largest absolute Gasteiger partial charge is 0.496 e. The van der Waals surface area contributed by atoms with Crippen LogP contribution in [0.5, 0.6) is 5.75 Å². The van der Waals surface area contributed by atoms with Crippen molar-refractivity contribution in [3.8, 4) is 5.75 Å². The molecule has 0 fully saturated rings. The van der Waals surface area contributed by atoms with E-state index in [2.05, 4.69) is 5.32 Å². The lowest BCUT2D eigenvalue weighted by atomic mass is 9.74. The Morgan fingerprint density at radius 2 is 1.84 bits per heavy atom. The molecule has 2 aromatic carbocycles. The second kappa shape index (κ2) is 8.61. The maximum atomic E-state index is 14.3. The van der Waals surface area contributed by atoms with Gasteiger partial charge in [-0.1, -0.05) is 26.0 Å². The molecule has 174 valence electrons. The van der Waals surface area contributed by atoms with Crippen molar-refractivity contribution in [3.63, 3.8) is 0 Å². The number of nitrogens with zero attached hydrogens (tertiary/aromatic N) is 1. The van der Waals surface area contributed by atoms with Crippen LogP contribution in [0.4, 0.5) is 28.9 Å². The molecule has 5 nitrogen and oxygen atoms in total. The van der Waals surface area contributed by atoms with Crippen molar-refractivity contribution in [1.82, 2.24) is 0 Å². The Morgan fingerprint density at radius 1 is 1.16 bits per heavy atom. The number of hydrogen-bond acceptors (Lipinski definition) is 4. The monoisotopic (exact) mass is 454 g/mol. The van der Waals surface area contributed by atoms with E-state index in [1.165, 1.54) is 31.9 Å². The van der Waals surface area contributed by atoms with Crippen LogP contribution >= 0.6 is 0 Å². The molecule has 0 bridgehead atoms. The van der Waals surface area contributed by atoms with Crippen molar-refractivity contribution in [3.05, 3.63) is 53.8 Å². The number of benzene rings is 2. The average Bonchev–Trinajstić information content (AvgIpc) is 2.85. The fraction of sp³-hybridized carbons (Fsp3) is 0.435. The first-order valence-electron chi connectivity index (χ1n) is 10.1. The predicted octanol–water partition coefficient (Wildman–Crippen LogP) is 4.64. The van der Waals surface area contributed by atoms with Crippen LogP contribution in [0.15, 0.2) is 42.5 Å². The summed E-state index contributed by atoms with van der Waals surface area (Å²) in [4.78, 5) is 13.4. The molecule has 2 aromatic rings. The van der Waals surface area contributed by atoms with Crippen molar-refractivity contribution < 1.29 is 32.2 Å². The van der Waals surface area contributed by atoms with Crippen LogP contribution in [0.25, 0.3) is 0 Å². The molecule has 0 saturated carbocycles. The number of methoxy groups -OCH3 is 1. The van der Waals surface area contributed by atoms with Crippen LogP contribution in [-0.4, -0.2) is 43.0 Å². The molecule has 1 aliphatic rings. The normalized spacial score (nSPS) is 16.6. The molecule has 0 saturated heterocycles. The van der Waals surface area contributed by atoms with E-state index in [1.807, 2.05) is 0 Å². The molecule has 1 amide bonds. The number of alkyl halides is 3. The van der Waals surface area contributed by atoms with E-state index in [0.29, 0.717) is 11.4 Å². The molecule has 1 aliphatic heterocycles. The van der Waals surface area contributed by atoms with E-state index >= 15 is 0 Å². The van der Waals surface area contributed by atoms with E-state index in [4.69, 9.17) is 4.74 Å². The lowest BCUT2D eigenvalue weighted by Gasteiger charge is -2.41. The standard InChI is InChI=1S/C23H26F4N2O3/c1-21(2,16-12-15(24)8-9-19(16)32-3)13-22(31,23(25,26)27)14-29-11-10-20(30)28-17-6-4-5-7-18(17)29/h4-9,12,31H,10-11,13-14H2,1-3H3,(H,28,30). The number of β-amino-alcohol motifs (C(OH)–C–C–N with tert-alkyl or cyclic N) is 1. The van der Waals surface area contributed by atoms with Gasteiger partial charge in [-0.2, -0.15) is 13.2 Å². The summed E-state index contributed by atoms with van der Waals surface area (Å²) in [5.41, 5.74) is -3.45. The summed E-state index contributed by atoms with van der Waals surface area (Å²) in [6, 6.07) is 10.1. The number of nitrogens with one attached hydrogen (secondary N) is 1. The Hall–Kier alpha value is -2.81. The van der Waals surface area contributed by atoms with Gasteiger partial charge < -0.3 is 20.1 Å². The van der Waals surface area contributed by atoms with E-state index < -0.39 is 36.0 Å². The third-order valence-electron chi connectivity index (χ3n) is 5.73. The molecule has 0 aromatic heterocycles. The van der Waals surface area contributed by atoms with Crippen molar-refractivity contribution in [1.29, 1.82) is 0 Å². The van der Waals surface area contributed by atoms with E-state index in [-0.39, 0.29) is 30.2 Å². The summed E-state index contributed by atoms with van der Waals surface area (Å²) in [6.07, 6.45) is -5.75. The van der Waals surface area contributed by atoms with Crippen LogP contribution in [0, 0.1) is 5.82 Å². The van der Waals surface area contributed by atoms with Crippen LogP contribution < -0.4 is 15.0 Å². The Bertz CT molecular complexity index is 993. The second-order valence-corrected chi connectivity index (χ2v) is 8.67. The minimum absolute atomic E-state index is 0.00491. The maximum absolute atomic E-state index is 14.3. The predicted molar refractivity (Wildman–Crippen MR) is 114 cm³/mol. The highest BCUT2D eigenvalue weighted by Crippen LogP contribution is 2.45. The summed E-state index contributed by atoms with van der Waals surface area (Å²) in [7, 11) is 1.35. The molecule has 1 heterocycles. The lowest BCUT2D eigenvalue weighted by molar-refractivity contribution is -0.262. The minimum atomic E-state index is -4.98. The second-order valence-electron chi connectivity index (χ2n) is 8.67. The molecular formula is C23H26F4N2O3. The maximum Gasteiger partial charge on any atom is 0.418 e. The lowest BCUT2D eigenvalue weighted by Crippen LogP contribution is -2.56. The molecule has 0 radical (unpaired) electrons. The number of rotatable bonds is 6. The molecule has 1 unspecified atom stereocenters. The summed E-state index contributed by atoms with van der Waals surface area (Å²) < 4.78 is 61.9. The quantitative estimate of drug-likeness (QED) is 0.624. The molecule has 3 rings (SSSR count). The Morgan fingerprint density at radius 3 is 2.50 bits per heavy atom. The summed E-state index contributed by atoms with van der Waals surface area (Å²) in [6.45, 7) is 2.22. The van der Waals surface area contributed by atoms with Gasteiger partial charge in [0.05, 0.1) is 25.0 Å². The molecular weight excluding hydrogens is 428 g/mol. The van der Waals surface area contributed by atoms with Gasteiger partial charge in [0.15, 0.2) is 5.60 Å². The average molecular weight is 454 g/mol. The fourth-order valence-electron chi connectivity index (χ4n) is 4.19. The van der Waals surface area contributed by atoms with Crippen LogP contribution in [0.2, 0.25) is 0 Å². The first kappa shape index (κ1) is 23.8. The van der Waals surface area contributed by atoms with Gasteiger partial charge in [-0.25, -0.2) is 4.39 Å². The zero-order valence-electron chi connectivity index (χ0n) is 18.1. The first-order chi connectivity index (χ1) is 14.9. The van der Waals surface area contributed by atoms with Crippen molar-refractivity contribution in [2.45, 2.75) is 43.9 Å². The summed E-state index contributed by atoms with van der Waals surface area (Å²) in [5, 5.41) is 13.7. The number of carbonyl (C=O) groups is 1. The number of amides is 1. The van der Waals surface area contributed by atoms with Crippen LogP contribution in [-0.2, 0) is 10.2 Å². The zero-order chi connectivity index (χ0) is 23.7. The van der Waals surface area contributed by atoms with Crippen LogP contribution in [0.3, 0.4) is 0 Å². The van der Waals surface area contributed by atoms with E-state index in [9.17, 15) is 27.5 Å². The minimum Gasteiger partial charge on any atom is -0.496 e. The van der Waals surface area contributed by atoms with Crippen LogP contribution in [0.1, 0.15) is 32.3 Å². The first-order valence-corrected chi connectivity index (χ1v) is 10.1. The number of hydrogen-bond donors (Lipinski definition) is 2. The van der Waals surface area contributed by atoms with Gasteiger partial charge in [0.2, 0.25) is 5.91 Å². The number of para-hydroxylation sites is 2. The Kier molecular flexibility index (Phi) is 6.42. The SMILES string of the molecule is COc1ccc(F)cc1C(C)(C)CC(O)(CN1CCC(=O)Nc2ccccc21)C(F)(F)F. The van der Waals surface area contributed by atoms with Gasteiger partial charge in [-0.3, -0.25) is 4.79 Å². The highest BCUT2D eigenvalue weighted by molar-refractivity contribution is 5.96. The number of aliphatic hydroxyl groups is 1. The van der Waals surface area contributed by atoms with Gasteiger partial charge >= 0.3 is 6.18 Å². The molecule has 32 heavy (non-hydrogen) atoms. The molecule has 0 aliphatic carbocycles. The van der Waals surface area contributed by atoms with E-state index in [0.717, 1.165) is 12.1 Å². The number of carbonyl (C=O) groups excluding carboxylic acids is 1. The highest BCUT2D eigenvalue weighted by atomic mass is 19.4. The molecule has 0 spiro atoms. The third kappa shape index (κ3) is 4.82. The highest BCUT2D eigenvalue weighted by Gasteiger charge is 2.57. The molecule has 9 heteroatoms. The number of ether oxygens (including phenoxy) is 1. The molecule has 1 atom stereocenters. The van der Waals surface area contributed by atoms with Gasteiger partial charge in [0.25, 0.3) is 0 Å². The van der Waals surface area contributed by atoms with E-state index in [1.54, 1.807) is 24.3 Å². The summed E-state index contributed by atoms with van der Waals surface area (Å²) >= 11 is 0. The zero-order valence-corrected chi connectivity index (χ0v) is 18.1. The van der Waals surface area contributed by atoms with Gasteiger partial charge in [0.1, 0.15) is 11.6 Å². The third-order valence-corrected chi connectivity index (χ3v) is 5.73.